The van der Waals surface area contributed by atoms with Crippen LogP contribution >= 0.6 is 0 Å². The van der Waals surface area contributed by atoms with E-state index in [0.717, 1.165) is 44.8 Å². The summed E-state index contributed by atoms with van der Waals surface area (Å²) in [5.74, 6) is 1.70. The first-order chi connectivity index (χ1) is 9.72. The number of anilines is 1. The Morgan fingerprint density at radius 2 is 2.05 bits per heavy atom. The van der Waals surface area contributed by atoms with Gasteiger partial charge in [-0.15, -0.1) is 0 Å². The van der Waals surface area contributed by atoms with E-state index in [1.54, 1.807) is 0 Å². The molecule has 3 rings (SSSR count). The molecule has 2 aromatic heterocycles. The first-order valence-electron chi connectivity index (χ1n) is 7.23. The van der Waals surface area contributed by atoms with Crippen LogP contribution in [0.1, 0.15) is 24.7 Å². The third-order valence-electron chi connectivity index (χ3n) is 4.14. The van der Waals surface area contributed by atoms with Crippen molar-refractivity contribution in [2.24, 2.45) is 0 Å². The number of rotatable bonds is 4. The van der Waals surface area contributed by atoms with Gasteiger partial charge in [0.25, 0.3) is 0 Å². The lowest BCUT2D eigenvalue weighted by Crippen LogP contribution is -2.36. The van der Waals surface area contributed by atoms with Crippen LogP contribution in [0.4, 0.5) is 5.82 Å². The topological polar surface area (TPSA) is 64.9 Å². The number of imidazole rings is 1. The summed E-state index contributed by atoms with van der Waals surface area (Å²) in [5.41, 5.74) is 5.68. The summed E-state index contributed by atoms with van der Waals surface area (Å²) >= 11 is 0. The van der Waals surface area contributed by atoms with E-state index < -0.39 is 0 Å². The van der Waals surface area contributed by atoms with Gasteiger partial charge < -0.3 is 15.2 Å². The number of aryl methyl sites for hydroxylation is 1. The van der Waals surface area contributed by atoms with E-state index in [4.69, 9.17) is 5.73 Å². The average molecular weight is 274 g/mol. The van der Waals surface area contributed by atoms with Crippen LogP contribution in [-0.2, 0) is 6.54 Å². The maximum absolute atomic E-state index is 5.68. The Balaban J connectivity index is 1.48. The summed E-state index contributed by atoms with van der Waals surface area (Å²) in [6.07, 6.45) is 8.19. The van der Waals surface area contributed by atoms with Crippen molar-refractivity contribution in [3.8, 4) is 0 Å². The largest absolute Gasteiger partial charge is 0.382 e. The third kappa shape index (κ3) is 2.85. The van der Waals surface area contributed by atoms with Gasteiger partial charge in [-0.3, -0.25) is 4.68 Å². The molecule has 6 heteroatoms. The van der Waals surface area contributed by atoms with E-state index in [-0.39, 0.29) is 0 Å². The lowest BCUT2D eigenvalue weighted by atomic mass is 10.1. The van der Waals surface area contributed by atoms with Crippen LogP contribution in [0.5, 0.6) is 0 Å². The molecule has 2 aromatic rings. The molecule has 0 saturated carbocycles. The zero-order chi connectivity index (χ0) is 13.9. The molecule has 0 radical (unpaired) electrons. The smallest absolute Gasteiger partial charge is 0.145 e. The van der Waals surface area contributed by atoms with E-state index in [1.807, 2.05) is 30.1 Å². The van der Waals surface area contributed by atoms with Gasteiger partial charge in [0, 0.05) is 44.8 Å². The molecule has 1 saturated heterocycles. The molecule has 0 unspecified atom stereocenters. The zero-order valence-electron chi connectivity index (χ0n) is 11.9. The molecule has 0 bridgehead atoms. The minimum Gasteiger partial charge on any atom is -0.382 e. The number of piperidine rings is 1. The van der Waals surface area contributed by atoms with Crippen LogP contribution in [-0.4, -0.2) is 43.9 Å². The third-order valence-corrected chi connectivity index (χ3v) is 4.14. The Bertz CT molecular complexity index is 550. The number of likely N-dealkylation sites (tertiary alicyclic amines) is 1. The highest BCUT2D eigenvalue weighted by Crippen LogP contribution is 2.22. The predicted octanol–water partition coefficient (Wildman–Crippen LogP) is 1.31. The first-order valence-corrected chi connectivity index (χ1v) is 7.23. The van der Waals surface area contributed by atoms with Gasteiger partial charge in [0.2, 0.25) is 0 Å². The van der Waals surface area contributed by atoms with Crippen LogP contribution in [0.2, 0.25) is 0 Å². The lowest BCUT2D eigenvalue weighted by molar-refractivity contribution is 0.174. The fraction of sp³-hybridized carbons (Fsp3) is 0.571. The minimum absolute atomic E-state index is 0.499. The highest BCUT2D eigenvalue weighted by Gasteiger charge is 2.20. The summed E-state index contributed by atoms with van der Waals surface area (Å²) in [6.45, 7) is 6.40. The normalized spacial score (nSPS) is 17.6. The van der Waals surface area contributed by atoms with E-state index in [2.05, 4.69) is 25.7 Å². The van der Waals surface area contributed by atoms with E-state index in [0.29, 0.717) is 11.9 Å². The quantitative estimate of drug-likeness (QED) is 0.913. The molecule has 1 aliphatic rings. The lowest BCUT2D eigenvalue weighted by Gasteiger charge is -2.32. The van der Waals surface area contributed by atoms with Crippen molar-refractivity contribution in [3.63, 3.8) is 0 Å². The molecule has 0 amide bonds. The molecule has 20 heavy (non-hydrogen) atoms. The summed E-state index contributed by atoms with van der Waals surface area (Å²) < 4.78 is 4.23. The molecule has 1 aliphatic heterocycles. The van der Waals surface area contributed by atoms with Crippen molar-refractivity contribution >= 4 is 5.82 Å². The van der Waals surface area contributed by atoms with Gasteiger partial charge in [-0.25, -0.2) is 4.98 Å². The minimum atomic E-state index is 0.499. The number of hydrogen-bond acceptors (Lipinski definition) is 4. The van der Waals surface area contributed by atoms with E-state index >= 15 is 0 Å². The Morgan fingerprint density at radius 1 is 1.25 bits per heavy atom. The fourth-order valence-corrected chi connectivity index (χ4v) is 2.85. The molecule has 0 spiro atoms. The van der Waals surface area contributed by atoms with Gasteiger partial charge in [-0.2, -0.15) is 5.10 Å². The van der Waals surface area contributed by atoms with Crippen molar-refractivity contribution in [1.29, 1.82) is 0 Å². The van der Waals surface area contributed by atoms with Crippen LogP contribution in [0.25, 0.3) is 0 Å². The SMILES string of the molecule is Cc1nccn1CCN1CCC(n2ccc(N)n2)CC1. The van der Waals surface area contributed by atoms with E-state index in [9.17, 15) is 0 Å². The Labute approximate surface area is 119 Å². The Morgan fingerprint density at radius 3 is 2.65 bits per heavy atom. The predicted molar refractivity (Wildman–Crippen MR) is 78.3 cm³/mol. The standard InChI is InChI=1S/C14H22N6/c1-12-16-5-9-19(12)11-10-18-6-2-13(3-7-18)20-8-4-14(15)17-20/h4-5,8-9,13H,2-3,6-7,10-11H2,1H3,(H2,15,17). The van der Waals surface area contributed by atoms with Crippen molar-refractivity contribution in [3.05, 3.63) is 30.5 Å². The number of nitrogen functional groups attached to an aromatic ring is 1. The number of nitrogens with zero attached hydrogens (tertiary/aromatic N) is 5. The van der Waals surface area contributed by atoms with E-state index in [1.165, 1.54) is 0 Å². The maximum atomic E-state index is 5.68. The number of nitrogens with two attached hydrogens (primary N) is 1. The van der Waals surface area contributed by atoms with Crippen molar-refractivity contribution in [2.75, 3.05) is 25.4 Å². The zero-order valence-corrected chi connectivity index (χ0v) is 11.9. The van der Waals surface area contributed by atoms with Crippen LogP contribution in [0, 0.1) is 6.92 Å². The number of hydrogen-bond donors (Lipinski definition) is 1. The molecular weight excluding hydrogens is 252 g/mol. The van der Waals surface area contributed by atoms with Crippen LogP contribution in [0.15, 0.2) is 24.7 Å². The molecular formula is C14H22N6. The summed E-state index contributed by atoms with van der Waals surface area (Å²) in [7, 11) is 0. The summed E-state index contributed by atoms with van der Waals surface area (Å²) in [6, 6.07) is 2.37. The molecule has 108 valence electrons. The average Bonchev–Trinajstić information content (AvgIpc) is 3.06. The highest BCUT2D eigenvalue weighted by molar-refractivity contribution is 5.24. The van der Waals surface area contributed by atoms with Gasteiger partial charge in [0.1, 0.15) is 11.6 Å². The second-order valence-electron chi connectivity index (χ2n) is 5.46. The number of aromatic nitrogens is 4. The van der Waals surface area contributed by atoms with Crippen LogP contribution in [0.3, 0.4) is 0 Å². The van der Waals surface area contributed by atoms with Gasteiger partial charge in [-0.1, -0.05) is 0 Å². The van der Waals surface area contributed by atoms with Gasteiger partial charge in [0.15, 0.2) is 0 Å². The monoisotopic (exact) mass is 274 g/mol. The molecule has 0 atom stereocenters. The molecule has 2 N–H and O–H groups in total. The van der Waals surface area contributed by atoms with Crippen molar-refractivity contribution < 1.29 is 0 Å². The Hall–Kier alpha value is -1.82. The first kappa shape index (κ1) is 13.2. The maximum Gasteiger partial charge on any atom is 0.145 e. The molecule has 0 aliphatic carbocycles. The Kier molecular flexibility index (Phi) is 3.73. The highest BCUT2D eigenvalue weighted by atomic mass is 15.3. The van der Waals surface area contributed by atoms with Gasteiger partial charge in [0.05, 0.1) is 6.04 Å². The molecule has 1 fully saturated rings. The van der Waals surface area contributed by atoms with Crippen molar-refractivity contribution in [1.82, 2.24) is 24.2 Å². The second kappa shape index (κ2) is 5.66. The fourth-order valence-electron chi connectivity index (χ4n) is 2.85. The van der Waals surface area contributed by atoms with Crippen molar-refractivity contribution in [2.45, 2.75) is 32.4 Å². The van der Waals surface area contributed by atoms with Crippen LogP contribution < -0.4 is 5.73 Å². The summed E-state index contributed by atoms with van der Waals surface area (Å²) in [5, 5.41) is 4.32. The molecule has 0 aromatic carbocycles. The summed E-state index contributed by atoms with van der Waals surface area (Å²) in [4.78, 5) is 6.77. The van der Waals surface area contributed by atoms with Gasteiger partial charge in [-0.05, 0) is 25.8 Å². The molecule has 3 heterocycles. The van der Waals surface area contributed by atoms with Gasteiger partial charge >= 0.3 is 0 Å². The molecule has 6 nitrogen and oxygen atoms in total. The second-order valence-corrected chi connectivity index (χ2v) is 5.46.